The van der Waals surface area contributed by atoms with Crippen molar-refractivity contribution in [2.24, 2.45) is 5.92 Å². The highest BCUT2D eigenvalue weighted by molar-refractivity contribution is 5.47. The molecule has 0 unspecified atom stereocenters. The molecular weight excluding hydrogens is 212 g/mol. The highest BCUT2D eigenvalue weighted by Crippen LogP contribution is 2.11. The lowest BCUT2D eigenvalue weighted by Gasteiger charge is -2.10. The molecule has 0 bridgehead atoms. The van der Waals surface area contributed by atoms with Crippen LogP contribution in [0.2, 0.25) is 0 Å². The summed E-state index contributed by atoms with van der Waals surface area (Å²) in [6, 6.07) is 1.93. The molecule has 0 fully saturated rings. The van der Waals surface area contributed by atoms with Crippen LogP contribution < -0.4 is 10.6 Å². The van der Waals surface area contributed by atoms with Gasteiger partial charge in [-0.1, -0.05) is 19.9 Å². The van der Waals surface area contributed by atoms with E-state index in [1.807, 2.05) is 19.1 Å². The van der Waals surface area contributed by atoms with Crippen LogP contribution in [0.15, 0.2) is 18.7 Å². The summed E-state index contributed by atoms with van der Waals surface area (Å²) in [7, 11) is 0. The van der Waals surface area contributed by atoms with Gasteiger partial charge in [0.25, 0.3) is 0 Å². The molecule has 0 aliphatic carbocycles. The molecule has 2 N–H and O–H groups in total. The van der Waals surface area contributed by atoms with Gasteiger partial charge < -0.3 is 10.6 Å². The number of aryl methyl sites for hydroxylation is 1. The SMILES string of the molecule is C=CCNc1cc(NCCC(C)C)nc(C)n1. The zero-order valence-electron chi connectivity index (χ0n) is 11.0. The fraction of sp³-hybridized carbons (Fsp3) is 0.538. The summed E-state index contributed by atoms with van der Waals surface area (Å²) in [6.45, 7) is 11.6. The van der Waals surface area contributed by atoms with Gasteiger partial charge in [0.2, 0.25) is 0 Å². The second-order valence-corrected chi connectivity index (χ2v) is 4.46. The molecule has 0 radical (unpaired) electrons. The minimum Gasteiger partial charge on any atom is -0.370 e. The smallest absolute Gasteiger partial charge is 0.132 e. The summed E-state index contributed by atoms with van der Waals surface area (Å²) in [5.41, 5.74) is 0. The van der Waals surface area contributed by atoms with E-state index in [-0.39, 0.29) is 0 Å². The summed E-state index contributed by atoms with van der Waals surface area (Å²) in [5.74, 6) is 3.18. The van der Waals surface area contributed by atoms with Crippen LogP contribution in [0.1, 0.15) is 26.1 Å². The monoisotopic (exact) mass is 234 g/mol. The van der Waals surface area contributed by atoms with E-state index in [1.165, 1.54) is 0 Å². The van der Waals surface area contributed by atoms with Crippen molar-refractivity contribution in [3.63, 3.8) is 0 Å². The van der Waals surface area contributed by atoms with Gasteiger partial charge >= 0.3 is 0 Å². The molecule has 1 aromatic heterocycles. The summed E-state index contributed by atoms with van der Waals surface area (Å²) in [6.07, 6.45) is 2.95. The van der Waals surface area contributed by atoms with Gasteiger partial charge in [-0.3, -0.25) is 0 Å². The molecular formula is C13H22N4. The minimum absolute atomic E-state index is 0.698. The number of nitrogens with zero attached hydrogens (tertiary/aromatic N) is 2. The maximum Gasteiger partial charge on any atom is 0.132 e. The van der Waals surface area contributed by atoms with Gasteiger partial charge in [0, 0.05) is 19.2 Å². The Balaban J connectivity index is 2.58. The molecule has 0 atom stereocenters. The number of rotatable bonds is 7. The first kappa shape index (κ1) is 13.5. The van der Waals surface area contributed by atoms with Crippen LogP contribution >= 0.6 is 0 Å². The highest BCUT2D eigenvalue weighted by atomic mass is 15.1. The molecule has 1 rings (SSSR count). The van der Waals surface area contributed by atoms with Crippen LogP contribution in [-0.4, -0.2) is 23.1 Å². The van der Waals surface area contributed by atoms with Crippen molar-refractivity contribution in [3.8, 4) is 0 Å². The first-order valence-corrected chi connectivity index (χ1v) is 6.06. The highest BCUT2D eigenvalue weighted by Gasteiger charge is 2.01. The van der Waals surface area contributed by atoms with Crippen molar-refractivity contribution in [1.82, 2.24) is 9.97 Å². The van der Waals surface area contributed by atoms with E-state index in [0.29, 0.717) is 12.5 Å². The zero-order valence-corrected chi connectivity index (χ0v) is 11.0. The molecule has 0 saturated heterocycles. The maximum atomic E-state index is 4.35. The Morgan fingerprint density at radius 3 is 2.53 bits per heavy atom. The van der Waals surface area contributed by atoms with Crippen LogP contribution in [0, 0.1) is 12.8 Å². The first-order chi connectivity index (χ1) is 8.11. The molecule has 0 aliphatic rings. The third-order valence-corrected chi connectivity index (χ3v) is 2.29. The van der Waals surface area contributed by atoms with Crippen LogP contribution in [0.5, 0.6) is 0 Å². The van der Waals surface area contributed by atoms with Crippen molar-refractivity contribution < 1.29 is 0 Å². The number of hydrogen-bond acceptors (Lipinski definition) is 4. The lowest BCUT2D eigenvalue weighted by Crippen LogP contribution is -2.09. The second-order valence-electron chi connectivity index (χ2n) is 4.46. The molecule has 4 heteroatoms. The van der Waals surface area contributed by atoms with E-state index in [4.69, 9.17) is 0 Å². The number of hydrogen-bond donors (Lipinski definition) is 2. The Kier molecular flexibility index (Phi) is 5.46. The van der Waals surface area contributed by atoms with Crippen LogP contribution in [-0.2, 0) is 0 Å². The predicted molar refractivity (Wildman–Crippen MR) is 73.4 cm³/mol. The van der Waals surface area contributed by atoms with Gasteiger partial charge in [0.1, 0.15) is 17.5 Å². The lowest BCUT2D eigenvalue weighted by atomic mass is 10.1. The third-order valence-electron chi connectivity index (χ3n) is 2.29. The molecule has 1 aromatic rings. The van der Waals surface area contributed by atoms with E-state index in [2.05, 4.69) is 41.0 Å². The minimum atomic E-state index is 0.698. The molecule has 0 aromatic carbocycles. The van der Waals surface area contributed by atoms with Crippen molar-refractivity contribution in [1.29, 1.82) is 0 Å². The summed E-state index contributed by atoms with van der Waals surface area (Å²) >= 11 is 0. The van der Waals surface area contributed by atoms with Gasteiger partial charge in [-0.25, -0.2) is 9.97 Å². The molecule has 0 aliphatic heterocycles. The molecule has 0 spiro atoms. The van der Waals surface area contributed by atoms with Gasteiger partial charge in [-0.15, -0.1) is 6.58 Å². The van der Waals surface area contributed by atoms with E-state index in [9.17, 15) is 0 Å². The largest absolute Gasteiger partial charge is 0.370 e. The summed E-state index contributed by atoms with van der Waals surface area (Å²) < 4.78 is 0. The molecule has 17 heavy (non-hydrogen) atoms. The Morgan fingerprint density at radius 2 is 1.94 bits per heavy atom. The summed E-state index contributed by atoms with van der Waals surface area (Å²) in [4.78, 5) is 8.66. The molecule has 1 heterocycles. The fourth-order valence-electron chi connectivity index (χ4n) is 1.41. The number of anilines is 2. The Labute approximate surface area is 104 Å². The van der Waals surface area contributed by atoms with Gasteiger partial charge in [0.05, 0.1) is 0 Å². The average Bonchev–Trinajstić information content (AvgIpc) is 2.25. The normalized spacial score (nSPS) is 10.4. The van der Waals surface area contributed by atoms with Crippen LogP contribution in [0.25, 0.3) is 0 Å². The third kappa shape index (κ3) is 5.33. The summed E-state index contributed by atoms with van der Waals surface area (Å²) in [5, 5.41) is 6.48. The quantitative estimate of drug-likeness (QED) is 0.712. The Hall–Kier alpha value is -1.58. The van der Waals surface area contributed by atoms with Crippen molar-refractivity contribution in [2.75, 3.05) is 23.7 Å². The van der Waals surface area contributed by atoms with E-state index < -0.39 is 0 Å². The lowest BCUT2D eigenvalue weighted by molar-refractivity contribution is 0.606. The standard InChI is InChI=1S/C13H22N4/c1-5-7-14-12-9-13(17-11(4)16-12)15-8-6-10(2)3/h5,9-10H,1,6-8H2,2-4H3,(H2,14,15,16,17). The first-order valence-electron chi connectivity index (χ1n) is 6.06. The van der Waals surface area contributed by atoms with Crippen molar-refractivity contribution >= 4 is 11.6 Å². The predicted octanol–water partition coefficient (Wildman–Crippen LogP) is 2.84. The van der Waals surface area contributed by atoms with Crippen LogP contribution in [0.4, 0.5) is 11.6 Å². The Bertz CT molecular complexity index is 360. The van der Waals surface area contributed by atoms with Crippen LogP contribution in [0.3, 0.4) is 0 Å². The van der Waals surface area contributed by atoms with Gasteiger partial charge in [0.15, 0.2) is 0 Å². The Morgan fingerprint density at radius 1 is 1.29 bits per heavy atom. The maximum absolute atomic E-state index is 4.35. The molecule has 0 saturated carbocycles. The van der Waals surface area contributed by atoms with Gasteiger partial charge in [-0.2, -0.15) is 0 Å². The van der Waals surface area contributed by atoms with E-state index >= 15 is 0 Å². The molecule has 94 valence electrons. The molecule has 0 amide bonds. The average molecular weight is 234 g/mol. The number of aromatic nitrogens is 2. The second kappa shape index (κ2) is 6.89. The van der Waals surface area contributed by atoms with E-state index in [1.54, 1.807) is 0 Å². The van der Waals surface area contributed by atoms with Crippen molar-refractivity contribution in [2.45, 2.75) is 27.2 Å². The fourth-order valence-corrected chi connectivity index (χ4v) is 1.41. The number of nitrogens with one attached hydrogen (secondary N) is 2. The topological polar surface area (TPSA) is 49.8 Å². The van der Waals surface area contributed by atoms with Gasteiger partial charge in [-0.05, 0) is 19.3 Å². The van der Waals surface area contributed by atoms with Crippen molar-refractivity contribution in [3.05, 3.63) is 24.5 Å². The molecule has 4 nitrogen and oxygen atoms in total. The van der Waals surface area contributed by atoms with E-state index in [0.717, 1.165) is 30.4 Å². The zero-order chi connectivity index (χ0) is 12.7.